The van der Waals surface area contributed by atoms with Crippen LogP contribution in [0.2, 0.25) is 10.0 Å². The molecule has 0 N–H and O–H groups in total. The summed E-state index contributed by atoms with van der Waals surface area (Å²) in [5.41, 5.74) is 2.61. The smallest absolute Gasteiger partial charge is 0.254 e. The second-order valence-corrected chi connectivity index (χ2v) is 6.50. The van der Waals surface area contributed by atoms with Gasteiger partial charge < -0.3 is 9.64 Å². The summed E-state index contributed by atoms with van der Waals surface area (Å²) in [5, 5.41) is 1.14. The van der Waals surface area contributed by atoms with Crippen molar-refractivity contribution in [2.45, 2.75) is 13.0 Å². The van der Waals surface area contributed by atoms with E-state index in [4.69, 9.17) is 27.9 Å². The van der Waals surface area contributed by atoms with Crippen molar-refractivity contribution in [2.75, 3.05) is 19.7 Å². The molecular formula is C18H17Cl2NO2. The molecule has 1 heterocycles. The van der Waals surface area contributed by atoms with Crippen LogP contribution in [0, 0.1) is 6.92 Å². The molecule has 1 aliphatic heterocycles. The molecule has 0 aromatic heterocycles. The van der Waals surface area contributed by atoms with Crippen molar-refractivity contribution in [3.05, 3.63) is 69.2 Å². The van der Waals surface area contributed by atoms with Gasteiger partial charge in [0.05, 0.1) is 13.2 Å². The Morgan fingerprint density at radius 1 is 1.17 bits per heavy atom. The summed E-state index contributed by atoms with van der Waals surface area (Å²) in [6, 6.07) is 13.0. The number of carbonyl (C=O) groups is 1. The number of morpholine rings is 1. The van der Waals surface area contributed by atoms with Gasteiger partial charge in [-0.15, -0.1) is 0 Å². The second-order valence-electron chi connectivity index (χ2n) is 5.63. The molecule has 1 aliphatic rings. The standard InChI is InChI=1S/C18H17Cl2NO2/c1-12-4-2-3-5-16(12)18(22)21-6-7-23-17(11-21)13-8-14(19)10-15(20)9-13/h2-5,8-10,17H,6-7,11H2,1H3. The maximum Gasteiger partial charge on any atom is 0.254 e. The lowest BCUT2D eigenvalue weighted by molar-refractivity contribution is -0.0228. The summed E-state index contributed by atoms with van der Waals surface area (Å²) in [4.78, 5) is 14.6. The zero-order valence-electron chi connectivity index (χ0n) is 12.8. The van der Waals surface area contributed by atoms with Crippen molar-refractivity contribution < 1.29 is 9.53 Å². The first-order chi connectivity index (χ1) is 11.0. The molecular weight excluding hydrogens is 333 g/mol. The van der Waals surface area contributed by atoms with Gasteiger partial charge in [0.15, 0.2) is 0 Å². The number of halogens is 2. The summed E-state index contributed by atoms with van der Waals surface area (Å²) in [7, 11) is 0. The van der Waals surface area contributed by atoms with Crippen LogP contribution in [-0.2, 0) is 4.74 Å². The number of carbonyl (C=O) groups excluding carboxylic acids is 1. The zero-order chi connectivity index (χ0) is 16.4. The van der Waals surface area contributed by atoms with Crippen molar-refractivity contribution in [2.24, 2.45) is 0 Å². The minimum Gasteiger partial charge on any atom is -0.370 e. The maximum atomic E-state index is 12.7. The fourth-order valence-electron chi connectivity index (χ4n) is 2.78. The van der Waals surface area contributed by atoms with Crippen LogP contribution in [0.25, 0.3) is 0 Å². The monoisotopic (exact) mass is 349 g/mol. The van der Waals surface area contributed by atoms with Crippen molar-refractivity contribution in [3.8, 4) is 0 Å². The molecule has 1 fully saturated rings. The highest BCUT2D eigenvalue weighted by molar-refractivity contribution is 6.34. The summed E-state index contributed by atoms with van der Waals surface area (Å²) >= 11 is 12.1. The van der Waals surface area contributed by atoms with Crippen LogP contribution in [0.4, 0.5) is 0 Å². The van der Waals surface area contributed by atoms with Crippen LogP contribution in [0.5, 0.6) is 0 Å². The van der Waals surface area contributed by atoms with E-state index in [9.17, 15) is 4.79 Å². The van der Waals surface area contributed by atoms with Crippen LogP contribution >= 0.6 is 23.2 Å². The third-order valence-corrected chi connectivity index (χ3v) is 4.42. The van der Waals surface area contributed by atoms with Gasteiger partial charge in [-0.25, -0.2) is 0 Å². The lowest BCUT2D eigenvalue weighted by atomic mass is 10.0. The number of benzene rings is 2. The highest BCUT2D eigenvalue weighted by Crippen LogP contribution is 2.28. The van der Waals surface area contributed by atoms with Gasteiger partial charge >= 0.3 is 0 Å². The largest absolute Gasteiger partial charge is 0.370 e. The summed E-state index contributed by atoms with van der Waals surface area (Å²) < 4.78 is 5.81. The fourth-order valence-corrected chi connectivity index (χ4v) is 3.32. The molecule has 120 valence electrons. The number of rotatable bonds is 2. The molecule has 2 aromatic rings. The molecule has 5 heteroatoms. The van der Waals surface area contributed by atoms with Gasteiger partial charge in [-0.1, -0.05) is 41.4 Å². The first-order valence-electron chi connectivity index (χ1n) is 7.47. The number of hydrogen-bond acceptors (Lipinski definition) is 2. The van der Waals surface area contributed by atoms with E-state index in [-0.39, 0.29) is 12.0 Å². The van der Waals surface area contributed by atoms with Gasteiger partial charge in [0.1, 0.15) is 6.10 Å². The fraction of sp³-hybridized carbons (Fsp3) is 0.278. The van der Waals surface area contributed by atoms with Gasteiger partial charge in [0, 0.05) is 22.2 Å². The third-order valence-electron chi connectivity index (χ3n) is 3.99. The first-order valence-corrected chi connectivity index (χ1v) is 8.22. The predicted octanol–water partition coefficient (Wildman–Crippen LogP) is 4.52. The van der Waals surface area contributed by atoms with Crippen molar-refractivity contribution in [3.63, 3.8) is 0 Å². The second kappa shape index (κ2) is 6.91. The molecule has 23 heavy (non-hydrogen) atoms. The van der Waals surface area contributed by atoms with E-state index >= 15 is 0 Å². The van der Waals surface area contributed by atoms with E-state index in [2.05, 4.69) is 0 Å². The third kappa shape index (κ3) is 3.69. The average Bonchev–Trinajstić information content (AvgIpc) is 2.54. The summed E-state index contributed by atoms with van der Waals surface area (Å²) in [6.45, 7) is 3.51. The molecule has 0 saturated carbocycles. The molecule has 3 nitrogen and oxygen atoms in total. The van der Waals surface area contributed by atoms with Gasteiger partial charge in [0.2, 0.25) is 0 Å². The Kier molecular flexibility index (Phi) is 4.90. The zero-order valence-corrected chi connectivity index (χ0v) is 14.3. The van der Waals surface area contributed by atoms with Crippen LogP contribution < -0.4 is 0 Å². The van der Waals surface area contributed by atoms with Gasteiger partial charge in [-0.05, 0) is 42.3 Å². The molecule has 2 aromatic carbocycles. The molecule has 1 atom stereocenters. The Labute approximate surface area is 145 Å². The lowest BCUT2D eigenvalue weighted by Gasteiger charge is -2.33. The van der Waals surface area contributed by atoms with Crippen molar-refractivity contribution in [1.82, 2.24) is 4.90 Å². The molecule has 1 amide bonds. The van der Waals surface area contributed by atoms with Crippen LogP contribution in [0.3, 0.4) is 0 Å². The predicted molar refractivity (Wildman–Crippen MR) is 92.2 cm³/mol. The van der Waals surface area contributed by atoms with Gasteiger partial charge in [-0.3, -0.25) is 4.79 Å². The average molecular weight is 350 g/mol. The van der Waals surface area contributed by atoms with Crippen LogP contribution in [0.1, 0.15) is 27.6 Å². The van der Waals surface area contributed by atoms with E-state index in [1.165, 1.54) is 0 Å². The Bertz CT molecular complexity index is 712. The molecule has 1 saturated heterocycles. The van der Waals surface area contributed by atoms with E-state index in [1.54, 1.807) is 6.07 Å². The first kappa shape index (κ1) is 16.3. The van der Waals surface area contributed by atoms with Gasteiger partial charge in [0.25, 0.3) is 5.91 Å². The van der Waals surface area contributed by atoms with E-state index in [0.717, 1.165) is 16.7 Å². The SMILES string of the molecule is Cc1ccccc1C(=O)N1CCOC(c2cc(Cl)cc(Cl)c2)C1. The van der Waals surface area contributed by atoms with Crippen LogP contribution in [-0.4, -0.2) is 30.5 Å². The molecule has 0 spiro atoms. The molecule has 3 rings (SSSR count). The highest BCUT2D eigenvalue weighted by atomic mass is 35.5. The Balaban J connectivity index is 1.81. The van der Waals surface area contributed by atoms with Crippen molar-refractivity contribution in [1.29, 1.82) is 0 Å². The molecule has 1 unspecified atom stereocenters. The van der Waals surface area contributed by atoms with E-state index < -0.39 is 0 Å². The van der Waals surface area contributed by atoms with Crippen LogP contribution in [0.15, 0.2) is 42.5 Å². The topological polar surface area (TPSA) is 29.5 Å². The molecule has 0 radical (unpaired) electrons. The number of amides is 1. The Hall–Kier alpha value is -1.55. The molecule has 0 aliphatic carbocycles. The Morgan fingerprint density at radius 3 is 2.57 bits per heavy atom. The van der Waals surface area contributed by atoms with Gasteiger partial charge in [-0.2, -0.15) is 0 Å². The minimum atomic E-state index is -0.215. The minimum absolute atomic E-state index is 0.0320. The number of hydrogen-bond donors (Lipinski definition) is 0. The highest BCUT2D eigenvalue weighted by Gasteiger charge is 2.27. The number of nitrogens with zero attached hydrogens (tertiary/aromatic N) is 1. The Morgan fingerprint density at radius 2 is 1.87 bits per heavy atom. The van der Waals surface area contributed by atoms with E-state index in [0.29, 0.717) is 29.7 Å². The summed E-state index contributed by atoms with van der Waals surface area (Å²) in [6.07, 6.45) is -0.215. The quantitative estimate of drug-likeness (QED) is 0.797. The molecule has 0 bridgehead atoms. The normalized spacial score (nSPS) is 18.0. The maximum absolute atomic E-state index is 12.7. The number of aryl methyl sites for hydroxylation is 1. The van der Waals surface area contributed by atoms with E-state index in [1.807, 2.05) is 48.2 Å². The number of ether oxygens (including phenoxy) is 1. The summed E-state index contributed by atoms with van der Waals surface area (Å²) in [5.74, 6) is 0.0320. The van der Waals surface area contributed by atoms with Crippen molar-refractivity contribution >= 4 is 29.1 Å². The lowest BCUT2D eigenvalue weighted by Crippen LogP contribution is -2.42.